The Balaban J connectivity index is 0.00000192. The predicted molar refractivity (Wildman–Crippen MR) is 107 cm³/mol. The zero-order valence-corrected chi connectivity index (χ0v) is 15.4. The summed E-state index contributed by atoms with van der Waals surface area (Å²) in [7, 11) is 1.78. The van der Waals surface area contributed by atoms with Crippen LogP contribution in [-0.4, -0.2) is 18.0 Å². The van der Waals surface area contributed by atoms with Crippen LogP contribution >= 0.6 is 24.0 Å². The van der Waals surface area contributed by atoms with Crippen LogP contribution < -0.4 is 10.6 Å². The molecule has 2 aromatic carbocycles. The molecule has 0 radical (unpaired) electrons. The summed E-state index contributed by atoms with van der Waals surface area (Å²) in [6, 6.07) is 20.7. The molecule has 3 N–H and O–H groups in total. The molecule has 0 bridgehead atoms. The van der Waals surface area contributed by atoms with E-state index in [2.05, 4.69) is 50.9 Å². The number of halogens is 1. The molecule has 3 aromatic rings. The normalized spacial score (nSPS) is 11.1. The van der Waals surface area contributed by atoms with Gasteiger partial charge in [0, 0.05) is 24.8 Å². The molecule has 0 aliphatic heterocycles. The summed E-state index contributed by atoms with van der Waals surface area (Å²) in [6.07, 6.45) is 0. The summed E-state index contributed by atoms with van der Waals surface area (Å²) in [5.74, 6) is 0.794. The van der Waals surface area contributed by atoms with Crippen molar-refractivity contribution >= 4 is 40.8 Å². The van der Waals surface area contributed by atoms with Crippen LogP contribution in [0.2, 0.25) is 0 Å². The van der Waals surface area contributed by atoms with Crippen molar-refractivity contribution in [3.05, 3.63) is 71.9 Å². The lowest BCUT2D eigenvalue weighted by molar-refractivity contribution is 0.799. The van der Waals surface area contributed by atoms with Crippen molar-refractivity contribution in [2.75, 3.05) is 7.05 Å². The van der Waals surface area contributed by atoms with Crippen molar-refractivity contribution in [2.24, 2.45) is 4.99 Å². The van der Waals surface area contributed by atoms with E-state index >= 15 is 0 Å². The first-order valence-electron chi connectivity index (χ1n) is 7.40. The van der Waals surface area contributed by atoms with Crippen LogP contribution in [0.3, 0.4) is 0 Å². The summed E-state index contributed by atoms with van der Waals surface area (Å²) in [4.78, 5) is 7.66. The van der Waals surface area contributed by atoms with Crippen LogP contribution in [0.15, 0.2) is 65.7 Å². The van der Waals surface area contributed by atoms with Crippen LogP contribution in [0.1, 0.15) is 11.3 Å². The van der Waals surface area contributed by atoms with Crippen molar-refractivity contribution < 1.29 is 0 Å². The molecule has 0 atom stereocenters. The fraction of sp³-hybridized carbons (Fsp3) is 0.167. The summed E-state index contributed by atoms with van der Waals surface area (Å²) in [6.45, 7) is 1.47. The molecule has 0 saturated heterocycles. The number of para-hydroxylation sites is 1. The number of rotatable bonds is 4. The lowest BCUT2D eigenvalue weighted by Gasteiger charge is -2.11. The second-order valence-corrected chi connectivity index (χ2v) is 5.15. The summed E-state index contributed by atoms with van der Waals surface area (Å²) in [5, 5.41) is 7.87. The third-order valence-electron chi connectivity index (χ3n) is 3.56. The predicted octanol–water partition coefficient (Wildman–Crippen LogP) is 3.65. The molecule has 0 aliphatic rings. The first-order valence-corrected chi connectivity index (χ1v) is 7.40. The lowest BCUT2D eigenvalue weighted by Crippen LogP contribution is -2.36. The quantitative estimate of drug-likeness (QED) is 0.343. The number of benzene rings is 2. The minimum Gasteiger partial charge on any atom is -0.357 e. The second-order valence-electron chi connectivity index (χ2n) is 5.15. The molecule has 120 valence electrons. The fourth-order valence-electron chi connectivity index (χ4n) is 2.41. The average Bonchev–Trinajstić information content (AvgIpc) is 2.99. The minimum absolute atomic E-state index is 0. The van der Waals surface area contributed by atoms with E-state index in [1.165, 1.54) is 10.9 Å². The van der Waals surface area contributed by atoms with Crippen LogP contribution in [0.4, 0.5) is 0 Å². The molecule has 0 fully saturated rings. The molecule has 0 aliphatic carbocycles. The van der Waals surface area contributed by atoms with Gasteiger partial charge in [0.05, 0.1) is 6.54 Å². The van der Waals surface area contributed by atoms with Gasteiger partial charge in [-0.25, -0.2) is 0 Å². The van der Waals surface area contributed by atoms with E-state index in [1.807, 2.05) is 30.3 Å². The van der Waals surface area contributed by atoms with Crippen molar-refractivity contribution in [2.45, 2.75) is 13.1 Å². The molecule has 0 saturated carbocycles. The molecule has 5 heteroatoms. The van der Waals surface area contributed by atoms with E-state index in [1.54, 1.807) is 7.05 Å². The number of H-pyrrole nitrogens is 1. The van der Waals surface area contributed by atoms with Crippen molar-refractivity contribution in [1.82, 2.24) is 15.6 Å². The zero-order chi connectivity index (χ0) is 15.2. The Labute approximate surface area is 153 Å². The zero-order valence-electron chi connectivity index (χ0n) is 13.0. The first kappa shape index (κ1) is 17.3. The van der Waals surface area contributed by atoms with E-state index in [-0.39, 0.29) is 24.0 Å². The number of fused-ring (bicyclic) bond motifs is 1. The average molecular weight is 420 g/mol. The molecule has 4 nitrogen and oxygen atoms in total. The van der Waals surface area contributed by atoms with Gasteiger partial charge in [-0.05, 0) is 23.1 Å². The molecule has 0 unspecified atom stereocenters. The molecule has 23 heavy (non-hydrogen) atoms. The Morgan fingerprint density at radius 2 is 1.65 bits per heavy atom. The SMILES string of the molecule is CN=C(NCc1ccccc1)NCc1cc2ccccc2[nH]1.I. The summed E-state index contributed by atoms with van der Waals surface area (Å²) in [5.41, 5.74) is 3.53. The molecule has 0 amide bonds. The van der Waals surface area contributed by atoms with Gasteiger partial charge in [-0.2, -0.15) is 0 Å². The van der Waals surface area contributed by atoms with E-state index in [0.29, 0.717) is 6.54 Å². The van der Waals surface area contributed by atoms with Gasteiger partial charge in [0.1, 0.15) is 0 Å². The van der Waals surface area contributed by atoms with E-state index < -0.39 is 0 Å². The highest BCUT2D eigenvalue weighted by Crippen LogP contribution is 2.14. The third kappa shape index (κ3) is 4.72. The molecule has 3 rings (SSSR count). The van der Waals surface area contributed by atoms with Gasteiger partial charge in [-0.3, -0.25) is 4.99 Å². The van der Waals surface area contributed by atoms with Gasteiger partial charge in [0.15, 0.2) is 5.96 Å². The van der Waals surface area contributed by atoms with Gasteiger partial charge in [-0.15, -0.1) is 24.0 Å². The highest BCUT2D eigenvalue weighted by Gasteiger charge is 2.02. The monoisotopic (exact) mass is 420 g/mol. The van der Waals surface area contributed by atoms with Gasteiger partial charge >= 0.3 is 0 Å². The molecular weight excluding hydrogens is 399 g/mol. The van der Waals surface area contributed by atoms with Gasteiger partial charge in [0.25, 0.3) is 0 Å². The largest absolute Gasteiger partial charge is 0.357 e. The van der Waals surface area contributed by atoms with Gasteiger partial charge < -0.3 is 15.6 Å². The fourth-order valence-corrected chi connectivity index (χ4v) is 2.41. The van der Waals surface area contributed by atoms with Crippen molar-refractivity contribution in [3.8, 4) is 0 Å². The maximum atomic E-state index is 4.25. The minimum atomic E-state index is 0. The number of nitrogens with one attached hydrogen (secondary N) is 3. The van der Waals surface area contributed by atoms with Crippen LogP contribution in [0, 0.1) is 0 Å². The topological polar surface area (TPSA) is 52.2 Å². The Bertz CT molecular complexity index is 732. The molecule has 1 heterocycles. The summed E-state index contributed by atoms with van der Waals surface area (Å²) >= 11 is 0. The number of hydrogen-bond acceptors (Lipinski definition) is 1. The van der Waals surface area contributed by atoms with Crippen molar-refractivity contribution in [1.29, 1.82) is 0 Å². The maximum absolute atomic E-state index is 4.25. The lowest BCUT2D eigenvalue weighted by atomic mass is 10.2. The highest BCUT2D eigenvalue weighted by molar-refractivity contribution is 14.0. The van der Waals surface area contributed by atoms with E-state index in [4.69, 9.17) is 0 Å². The Kier molecular flexibility index (Phi) is 6.46. The van der Waals surface area contributed by atoms with Crippen LogP contribution in [-0.2, 0) is 13.1 Å². The van der Waals surface area contributed by atoms with E-state index in [9.17, 15) is 0 Å². The van der Waals surface area contributed by atoms with Crippen LogP contribution in [0.25, 0.3) is 10.9 Å². The molecule has 0 spiro atoms. The number of guanidine groups is 1. The van der Waals surface area contributed by atoms with Crippen LogP contribution in [0.5, 0.6) is 0 Å². The Morgan fingerprint density at radius 1 is 0.957 bits per heavy atom. The summed E-state index contributed by atoms with van der Waals surface area (Å²) < 4.78 is 0. The van der Waals surface area contributed by atoms with Crippen molar-refractivity contribution in [3.63, 3.8) is 0 Å². The van der Waals surface area contributed by atoms with E-state index in [0.717, 1.165) is 23.7 Å². The number of nitrogens with zero attached hydrogens (tertiary/aromatic N) is 1. The molecular formula is C18H21IN4. The standard InChI is InChI=1S/C18H20N4.HI/c1-19-18(20-12-14-7-3-2-4-8-14)21-13-16-11-15-9-5-6-10-17(15)22-16;/h2-11,22H,12-13H2,1H3,(H2,19,20,21);1H. The Hall–Kier alpha value is -2.02. The highest BCUT2D eigenvalue weighted by atomic mass is 127. The number of aromatic amines is 1. The number of hydrogen-bond donors (Lipinski definition) is 3. The number of aliphatic imine (C=N–C) groups is 1. The second kappa shape index (κ2) is 8.57. The third-order valence-corrected chi connectivity index (χ3v) is 3.56. The van der Waals surface area contributed by atoms with Gasteiger partial charge in [0.2, 0.25) is 0 Å². The first-order chi connectivity index (χ1) is 10.8. The maximum Gasteiger partial charge on any atom is 0.191 e. The number of aromatic nitrogens is 1. The molecule has 1 aromatic heterocycles. The smallest absolute Gasteiger partial charge is 0.191 e. The van der Waals surface area contributed by atoms with Gasteiger partial charge in [-0.1, -0.05) is 48.5 Å². The Morgan fingerprint density at radius 3 is 2.39 bits per heavy atom.